The zero-order valence-corrected chi connectivity index (χ0v) is 22.2. The second kappa shape index (κ2) is 10.6. The maximum atomic E-state index is 14.7. The van der Waals surface area contributed by atoms with Crippen molar-refractivity contribution in [2.45, 2.75) is 42.9 Å². The lowest BCUT2D eigenvalue weighted by Crippen LogP contribution is -2.55. The molecule has 0 radical (unpaired) electrons. The third-order valence-corrected chi connectivity index (χ3v) is 8.51. The van der Waals surface area contributed by atoms with E-state index in [9.17, 15) is 27.5 Å². The number of nitrogens with zero attached hydrogens (tertiary/aromatic N) is 4. The van der Waals surface area contributed by atoms with Crippen LogP contribution in [0.25, 0.3) is 22.0 Å². The first-order valence-corrected chi connectivity index (χ1v) is 13.4. The second-order valence-electron chi connectivity index (χ2n) is 9.71. The number of anilines is 1. The zero-order chi connectivity index (χ0) is 28.1. The van der Waals surface area contributed by atoms with E-state index in [-0.39, 0.29) is 39.8 Å². The summed E-state index contributed by atoms with van der Waals surface area (Å²) in [5, 5.41) is 10.4. The maximum absolute atomic E-state index is 14.7. The molecule has 0 saturated carbocycles. The number of ether oxygens (including phenoxy) is 1. The molecule has 0 spiro atoms. The summed E-state index contributed by atoms with van der Waals surface area (Å²) < 4.78 is 64.7. The molecule has 1 N–H and O–H groups in total. The fourth-order valence-corrected chi connectivity index (χ4v) is 6.64. The van der Waals surface area contributed by atoms with Crippen molar-refractivity contribution >= 4 is 28.5 Å². The van der Waals surface area contributed by atoms with Crippen molar-refractivity contribution in [2.24, 2.45) is 0 Å². The number of aromatic nitrogens is 2. The minimum Gasteiger partial charge on any atom is -0.379 e. The fourth-order valence-electron chi connectivity index (χ4n) is 5.31. The van der Waals surface area contributed by atoms with Crippen LogP contribution in [0.1, 0.15) is 12.5 Å². The van der Waals surface area contributed by atoms with E-state index in [2.05, 4.69) is 11.6 Å². The van der Waals surface area contributed by atoms with Crippen molar-refractivity contribution in [3.63, 3.8) is 0 Å². The number of thioether (sulfide) groups is 1. The molecule has 1 fully saturated rings. The standard InChI is InChI=1S/C27H28F4N4O3S/c1-4-21(36)33-9-10-34(15(2)12-33)25-19-11-20(27(29,30)31)22(16-5-7-17(28)8-6-16)24-23(19)35(26(37)32-25)13-18(38-3)14-39-24/h4-8,11,15,18,21,36H,1,9-10,12-14H2,2-3H3/t15-,18+,21?/m0/s1. The summed E-state index contributed by atoms with van der Waals surface area (Å²) >= 11 is 1.19. The minimum atomic E-state index is -4.74. The quantitative estimate of drug-likeness (QED) is 0.365. The Bertz CT molecular complexity index is 1460. The van der Waals surface area contributed by atoms with E-state index in [4.69, 9.17) is 4.74 Å². The predicted molar refractivity (Wildman–Crippen MR) is 143 cm³/mol. The van der Waals surface area contributed by atoms with Crippen LogP contribution in [0.3, 0.4) is 0 Å². The van der Waals surface area contributed by atoms with Crippen LogP contribution in [0.4, 0.5) is 23.4 Å². The molecule has 39 heavy (non-hydrogen) atoms. The summed E-state index contributed by atoms with van der Waals surface area (Å²) in [4.78, 5) is 21.7. The topological polar surface area (TPSA) is 70.8 Å². The summed E-state index contributed by atoms with van der Waals surface area (Å²) in [5.74, 6) is -0.0870. The minimum absolute atomic E-state index is 0.103. The second-order valence-corrected chi connectivity index (χ2v) is 10.7. The molecule has 3 aromatic rings. The van der Waals surface area contributed by atoms with Crippen molar-refractivity contribution in [3.8, 4) is 11.1 Å². The van der Waals surface area contributed by atoms with Gasteiger partial charge >= 0.3 is 11.9 Å². The van der Waals surface area contributed by atoms with E-state index >= 15 is 0 Å². The highest BCUT2D eigenvalue weighted by atomic mass is 32.2. The van der Waals surface area contributed by atoms with Crippen molar-refractivity contribution in [1.29, 1.82) is 0 Å². The van der Waals surface area contributed by atoms with Gasteiger partial charge in [-0.3, -0.25) is 9.47 Å². The smallest absolute Gasteiger partial charge is 0.379 e. The lowest BCUT2D eigenvalue weighted by Gasteiger charge is -2.42. The molecule has 208 valence electrons. The molecule has 3 heterocycles. The first-order valence-electron chi connectivity index (χ1n) is 12.4. The van der Waals surface area contributed by atoms with Crippen LogP contribution in [0.15, 0.2) is 52.7 Å². The normalized spacial score (nSPS) is 21.2. The van der Waals surface area contributed by atoms with Crippen LogP contribution in [0.2, 0.25) is 0 Å². The molecule has 0 bridgehead atoms. The van der Waals surface area contributed by atoms with Crippen molar-refractivity contribution in [1.82, 2.24) is 14.5 Å². The van der Waals surface area contributed by atoms with Gasteiger partial charge in [-0.15, -0.1) is 11.8 Å². The molecule has 5 rings (SSSR count). The molecule has 0 aliphatic carbocycles. The summed E-state index contributed by atoms with van der Waals surface area (Å²) in [6.45, 7) is 6.74. The van der Waals surface area contributed by atoms with Gasteiger partial charge in [0.05, 0.1) is 23.7 Å². The van der Waals surface area contributed by atoms with Gasteiger partial charge in [-0.05, 0) is 36.8 Å². The average Bonchev–Trinajstić information content (AvgIpc) is 3.11. The lowest BCUT2D eigenvalue weighted by atomic mass is 9.96. The van der Waals surface area contributed by atoms with Gasteiger partial charge in [0.25, 0.3) is 0 Å². The van der Waals surface area contributed by atoms with E-state index in [0.717, 1.165) is 18.2 Å². The van der Waals surface area contributed by atoms with Gasteiger partial charge in [-0.2, -0.15) is 18.2 Å². The Morgan fingerprint density at radius 1 is 1.23 bits per heavy atom. The Morgan fingerprint density at radius 3 is 2.56 bits per heavy atom. The van der Waals surface area contributed by atoms with E-state index < -0.39 is 35.6 Å². The van der Waals surface area contributed by atoms with Crippen LogP contribution in [-0.4, -0.2) is 70.4 Å². The molecule has 7 nitrogen and oxygen atoms in total. The molecular formula is C27H28F4N4O3S. The van der Waals surface area contributed by atoms with Gasteiger partial charge < -0.3 is 14.7 Å². The van der Waals surface area contributed by atoms with Crippen molar-refractivity contribution in [3.05, 3.63) is 64.9 Å². The summed E-state index contributed by atoms with van der Waals surface area (Å²) in [6.07, 6.45) is -4.62. The molecule has 2 aromatic carbocycles. The fraction of sp³-hybridized carbons (Fsp3) is 0.407. The molecule has 12 heteroatoms. The number of halogens is 4. The highest BCUT2D eigenvalue weighted by Gasteiger charge is 2.39. The molecule has 1 unspecified atom stereocenters. The third kappa shape index (κ3) is 5.06. The number of benzene rings is 2. The highest BCUT2D eigenvalue weighted by molar-refractivity contribution is 7.99. The Kier molecular flexibility index (Phi) is 7.49. The van der Waals surface area contributed by atoms with Crippen LogP contribution in [0.5, 0.6) is 0 Å². The number of methoxy groups -OCH3 is 1. The number of hydrogen-bond acceptors (Lipinski definition) is 7. The Morgan fingerprint density at radius 2 is 1.95 bits per heavy atom. The van der Waals surface area contributed by atoms with E-state index in [1.165, 1.54) is 41.6 Å². The van der Waals surface area contributed by atoms with Gasteiger partial charge in [0.2, 0.25) is 0 Å². The number of aliphatic hydroxyl groups is 1. The van der Waals surface area contributed by atoms with Gasteiger partial charge in [-0.25, -0.2) is 9.18 Å². The number of alkyl halides is 3. The molecule has 0 amide bonds. The Hall–Kier alpha value is -2.93. The summed E-state index contributed by atoms with van der Waals surface area (Å²) in [5.41, 5.74) is -1.03. The van der Waals surface area contributed by atoms with E-state index in [1.807, 2.05) is 11.8 Å². The zero-order valence-electron chi connectivity index (χ0n) is 21.4. The molecule has 3 atom stereocenters. The first-order chi connectivity index (χ1) is 18.5. The summed E-state index contributed by atoms with van der Waals surface area (Å²) in [7, 11) is 1.49. The highest BCUT2D eigenvalue weighted by Crippen LogP contribution is 2.48. The SMILES string of the molecule is C=CC(O)N1CCN(c2nc(=O)n3c4c(c(-c5ccc(F)cc5)c(C(F)(F)F)cc24)SC[C@H](OC)C3)[C@@H](C)C1. The number of rotatable bonds is 5. The van der Waals surface area contributed by atoms with Crippen molar-refractivity contribution in [2.75, 3.05) is 37.4 Å². The van der Waals surface area contributed by atoms with E-state index in [1.54, 1.807) is 4.90 Å². The molecular weight excluding hydrogens is 536 g/mol. The monoisotopic (exact) mass is 564 g/mol. The third-order valence-electron chi connectivity index (χ3n) is 7.29. The Balaban J connectivity index is 1.80. The number of aliphatic hydroxyl groups excluding tert-OH is 1. The summed E-state index contributed by atoms with van der Waals surface area (Å²) in [6, 6.07) is 5.67. The predicted octanol–water partition coefficient (Wildman–Crippen LogP) is 4.36. The van der Waals surface area contributed by atoms with Crippen LogP contribution in [-0.2, 0) is 17.5 Å². The molecule has 1 saturated heterocycles. The van der Waals surface area contributed by atoms with Gasteiger partial charge in [0.1, 0.15) is 17.9 Å². The van der Waals surface area contributed by atoms with Gasteiger partial charge in [0, 0.05) is 54.4 Å². The first kappa shape index (κ1) is 27.6. The van der Waals surface area contributed by atoms with E-state index in [0.29, 0.717) is 30.9 Å². The van der Waals surface area contributed by atoms with Crippen LogP contribution < -0.4 is 10.6 Å². The largest absolute Gasteiger partial charge is 0.417 e. The van der Waals surface area contributed by atoms with Gasteiger partial charge in [0.15, 0.2) is 0 Å². The van der Waals surface area contributed by atoms with Gasteiger partial charge in [-0.1, -0.05) is 18.7 Å². The van der Waals surface area contributed by atoms with Crippen LogP contribution >= 0.6 is 11.8 Å². The lowest BCUT2D eigenvalue weighted by molar-refractivity contribution is -0.137. The Labute approximate surface area is 226 Å². The average molecular weight is 565 g/mol. The maximum Gasteiger partial charge on any atom is 0.417 e. The molecule has 2 aliphatic rings. The van der Waals surface area contributed by atoms with Crippen molar-refractivity contribution < 1.29 is 27.4 Å². The molecule has 2 aliphatic heterocycles. The van der Waals surface area contributed by atoms with Crippen LogP contribution in [0, 0.1) is 5.82 Å². The molecule has 1 aromatic heterocycles. The number of piperazine rings is 1. The number of hydrogen-bond donors (Lipinski definition) is 1.